The molecule has 1 aromatic rings. The molecule has 1 aliphatic heterocycles. The lowest BCUT2D eigenvalue weighted by molar-refractivity contribution is -0.119. The summed E-state index contributed by atoms with van der Waals surface area (Å²) in [6.45, 7) is 4.96. The second kappa shape index (κ2) is 5.53. The van der Waals surface area contributed by atoms with E-state index in [1.807, 2.05) is 13.0 Å². The zero-order valence-electron chi connectivity index (χ0n) is 14.5. The number of likely N-dealkylation sites (N-methyl/N-ethyl adjacent to an activating group) is 1. The molecule has 0 bridgehead atoms. The van der Waals surface area contributed by atoms with Crippen LogP contribution in [0.5, 0.6) is 11.5 Å². The molecule has 2 N–H and O–H groups in total. The minimum absolute atomic E-state index is 0.0196. The molecule has 4 heteroatoms. The summed E-state index contributed by atoms with van der Waals surface area (Å²) in [5.41, 5.74) is 0.337. The molecule has 1 fully saturated rings. The number of hydrogen-bond donors (Lipinski definition) is 2. The minimum Gasteiger partial charge on any atom is -0.504 e. The van der Waals surface area contributed by atoms with E-state index in [9.17, 15) is 10.2 Å². The molecule has 0 saturated carbocycles. The summed E-state index contributed by atoms with van der Waals surface area (Å²) in [5.74, 6) is 0.627. The highest BCUT2D eigenvalue weighted by Crippen LogP contribution is 2.55. The molecule has 3 rings (SSSR count). The number of aliphatic hydroxyl groups is 1. The van der Waals surface area contributed by atoms with E-state index in [2.05, 4.69) is 31.0 Å². The molecule has 4 nitrogen and oxygen atoms in total. The van der Waals surface area contributed by atoms with Gasteiger partial charge in [0.2, 0.25) is 0 Å². The lowest BCUT2D eigenvalue weighted by atomic mass is 9.55. The van der Waals surface area contributed by atoms with Crippen LogP contribution >= 0.6 is 0 Å². The van der Waals surface area contributed by atoms with Crippen molar-refractivity contribution in [1.29, 1.82) is 0 Å². The number of fused-ring (bicyclic) bond motifs is 1. The smallest absolute Gasteiger partial charge is 0.162 e. The fraction of sp³-hybridized carbons (Fsp3) is 0.579. The van der Waals surface area contributed by atoms with E-state index >= 15 is 0 Å². The maximum Gasteiger partial charge on any atom is 0.162 e. The van der Waals surface area contributed by atoms with Crippen LogP contribution < -0.4 is 4.74 Å². The van der Waals surface area contributed by atoms with E-state index in [-0.39, 0.29) is 11.8 Å². The third kappa shape index (κ3) is 2.12. The van der Waals surface area contributed by atoms with Crippen LogP contribution in [0, 0.1) is 6.92 Å². The zero-order chi connectivity index (χ0) is 16.8. The Kier molecular flexibility index (Phi) is 3.93. The number of ether oxygens (including phenoxy) is 1. The molecule has 0 aromatic heterocycles. The van der Waals surface area contributed by atoms with Gasteiger partial charge in [0.15, 0.2) is 11.5 Å². The summed E-state index contributed by atoms with van der Waals surface area (Å²) in [5, 5.41) is 22.5. The van der Waals surface area contributed by atoms with Crippen molar-refractivity contribution < 1.29 is 14.9 Å². The molecule has 1 heterocycles. The summed E-state index contributed by atoms with van der Waals surface area (Å²) in [7, 11) is 3.62. The average Bonchev–Trinajstić information content (AvgIpc) is 2.53. The van der Waals surface area contributed by atoms with Gasteiger partial charge in [0.1, 0.15) is 0 Å². The topological polar surface area (TPSA) is 52.9 Å². The molecule has 0 amide bonds. The summed E-state index contributed by atoms with van der Waals surface area (Å²) in [4.78, 5) is 2.21. The molecule has 1 saturated heterocycles. The molecule has 2 aliphatic rings. The highest BCUT2D eigenvalue weighted by molar-refractivity contribution is 5.57. The Morgan fingerprint density at radius 3 is 2.74 bits per heavy atom. The quantitative estimate of drug-likeness (QED) is 0.824. The zero-order valence-corrected chi connectivity index (χ0v) is 14.5. The number of benzene rings is 1. The average molecular weight is 317 g/mol. The number of piperidine rings is 1. The number of aryl methyl sites for hydroxylation is 1. The molecule has 23 heavy (non-hydrogen) atoms. The Bertz CT molecular complexity index is 642. The molecule has 126 valence electrons. The summed E-state index contributed by atoms with van der Waals surface area (Å²) < 4.78 is 5.32. The number of rotatable bonds is 2. The van der Waals surface area contributed by atoms with Gasteiger partial charge in [-0.1, -0.05) is 18.2 Å². The Balaban J connectivity index is 2.27. The Morgan fingerprint density at radius 1 is 1.30 bits per heavy atom. The molecule has 0 radical (unpaired) electrons. The van der Waals surface area contributed by atoms with Crippen LogP contribution in [0.25, 0.3) is 0 Å². The largest absolute Gasteiger partial charge is 0.504 e. The highest BCUT2D eigenvalue weighted by atomic mass is 16.5. The molecule has 1 aliphatic carbocycles. The number of phenols is 1. The summed E-state index contributed by atoms with van der Waals surface area (Å²) in [6.07, 6.45) is 6.61. The van der Waals surface area contributed by atoms with Crippen LogP contribution in [0.1, 0.15) is 37.3 Å². The van der Waals surface area contributed by atoms with Gasteiger partial charge in [-0.05, 0) is 58.3 Å². The molecule has 0 spiro atoms. The van der Waals surface area contributed by atoms with Gasteiger partial charge in [-0.25, -0.2) is 0 Å². The number of allylic oxidation sites excluding steroid dienone is 1. The van der Waals surface area contributed by atoms with E-state index in [4.69, 9.17) is 4.74 Å². The molecule has 0 unspecified atom stereocenters. The number of likely N-dealkylation sites (tertiary alicyclic amines) is 1. The van der Waals surface area contributed by atoms with Crippen LogP contribution in [0.3, 0.4) is 0 Å². The number of nitrogens with zero attached hydrogens (tertiary/aromatic N) is 1. The van der Waals surface area contributed by atoms with Crippen LogP contribution in [0.2, 0.25) is 0 Å². The molecular formula is C19H27NO3. The first-order chi connectivity index (χ1) is 10.9. The minimum atomic E-state index is -0.899. The van der Waals surface area contributed by atoms with Crippen molar-refractivity contribution in [2.45, 2.75) is 50.2 Å². The van der Waals surface area contributed by atoms with Crippen molar-refractivity contribution in [3.05, 3.63) is 35.4 Å². The first-order valence-electron chi connectivity index (χ1n) is 8.35. The van der Waals surface area contributed by atoms with E-state index < -0.39 is 11.0 Å². The Hall–Kier alpha value is -1.52. The van der Waals surface area contributed by atoms with Crippen molar-refractivity contribution in [3.8, 4) is 11.5 Å². The predicted octanol–water partition coefficient (Wildman–Crippen LogP) is 2.75. The normalized spacial score (nSPS) is 34.2. The number of phenolic OH excluding ortho intramolecular Hbond substituents is 1. The second-order valence-electron chi connectivity index (χ2n) is 7.05. The van der Waals surface area contributed by atoms with Gasteiger partial charge in [0.05, 0.1) is 12.7 Å². The number of methoxy groups -OCH3 is 1. The second-order valence-corrected chi connectivity index (χ2v) is 7.05. The molecule has 3 atom stereocenters. The van der Waals surface area contributed by atoms with Gasteiger partial charge < -0.3 is 19.8 Å². The van der Waals surface area contributed by atoms with Gasteiger partial charge in [-0.15, -0.1) is 0 Å². The van der Waals surface area contributed by atoms with E-state index in [0.29, 0.717) is 12.2 Å². The maximum atomic E-state index is 11.7. The predicted molar refractivity (Wildman–Crippen MR) is 91.1 cm³/mol. The first kappa shape index (κ1) is 16.3. The highest BCUT2D eigenvalue weighted by Gasteiger charge is 2.58. The fourth-order valence-corrected chi connectivity index (χ4v) is 4.57. The van der Waals surface area contributed by atoms with E-state index in [1.54, 1.807) is 13.2 Å². The number of aromatic hydroxyl groups is 1. The monoisotopic (exact) mass is 317 g/mol. The van der Waals surface area contributed by atoms with Crippen molar-refractivity contribution >= 4 is 0 Å². The van der Waals surface area contributed by atoms with Crippen LogP contribution in [-0.2, 0) is 5.41 Å². The van der Waals surface area contributed by atoms with Gasteiger partial charge in [0, 0.05) is 17.0 Å². The molecule has 1 aromatic carbocycles. The third-order valence-corrected chi connectivity index (χ3v) is 6.09. The number of hydrogen-bond acceptors (Lipinski definition) is 4. The van der Waals surface area contributed by atoms with Crippen molar-refractivity contribution in [2.24, 2.45) is 0 Å². The van der Waals surface area contributed by atoms with Gasteiger partial charge in [0.25, 0.3) is 0 Å². The van der Waals surface area contributed by atoms with E-state index in [1.165, 1.54) is 0 Å². The van der Waals surface area contributed by atoms with Crippen LogP contribution in [0.15, 0.2) is 24.3 Å². The van der Waals surface area contributed by atoms with Crippen LogP contribution in [0.4, 0.5) is 0 Å². The van der Waals surface area contributed by atoms with Crippen LogP contribution in [-0.4, -0.2) is 47.5 Å². The summed E-state index contributed by atoms with van der Waals surface area (Å²) >= 11 is 0. The lowest BCUT2D eigenvalue weighted by Gasteiger charge is -2.57. The Labute approximate surface area is 138 Å². The first-order valence-corrected chi connectivity index (χ1v) is 8.35. The van der Waals surface area contributed by atoms with Gasteiger partial charge in [-0.3, -0.25) is 0 Å². The Morgan fingerprint density at radius 2 is 2.04 bits per heavy atom. The SMILES string of the molecule is COc1ccc(C)c([C@]23C=CCC[C@]2(O)[C@H](C)N(C)CC3)c1O. The van der Waals surface area contributed by atoms with Crippen molar-refractivity contribution in [3.63, 3.8) is 0 Å². The maximum absolute atomic E-state index is 11.7. The van der Waals surface area contributed by atoms with Gasteiger partial charge >= 0.3 is 0 Å². The summed E-state index contributed by atoms with van der Waals surface area (Å²) in [6, 6.07) is 3.77. The third-order valence-electron chi connectivity index (χ3n) is 6.09. The molecular weight excluding hydrogens is 290 g/mol. The standard InChI is InChI=1S/C19H27NO3/c1-13-7-8-15(23-4)17(21)16(13)18-9-5-6-10-19(18,22)14(2)20(3)12-11-18/h5,7-9,14,21-22H,6,10-12H2,1-4H3/t14-,18+,19-/m0/s1. The fourth-order valence-electron chi connectivity index (χ4n) is 4.57. The van der Waals surface area contributed by atoms with Crippen molar-refractivity contribution in [1.82, 2.24) is 4.90 Å². The lowest BCUT2D eigenvalue weighted by Crippen LogP contribution is -2.67. The van der Waals surface area contributed by atoms with Gasteiger partial charge in [-0.2, -0.15) is 0 Å². The van der Waals surface area contributed by atoms with E-state index in [0.717, 1.165) is 30.5 Å². The van der Waals surface area contributed by atoms with Crippen molar-refractivity contribution in [2.75, 3.05) is 20.7 Å².